The first-order valence-corrected chi connectivity index (χ1v) is 13.1. The lowest BCUT2D eigenvalue weighted by Gasteiger charge is -2.28. The second kappa shape index (κ2) is 22.0. The maximum atomic E-state index is 12.8. The number of halogens is 3. The Kier molecular flexibility index (Phi) is 22.7. The molecule has 0 aliphatic heterocycles. The summed E-state index contributed by atoms with van der Waals surface area (Å²) in [5, 5.41) is 0. The van der Waals surface area contributed by atoms with Crippen LogP contribution in [0.3, 0.4) is 0 Å². The Bertz CT molecular complexity index is 394. The molecule has 0 spiro atoms. The summed E-state index contributed by atoms with van der Waals surface area (Å²) >= 11 is 17.3. The highest BCUT2D eigenvalue weighted by atomic mass is 35.5. The fourth-order valence-corrected chi connectivity index (χ4v) is 4.92. The van der Waals surface area contributed by atoms with Gasteiger partial charge in [0.1, 0.15) is 5.62 Å². The predicted molar refractivity (Wildman–Crippen MR) is 117 cm³/mol. The number of rotatable bonds is 23. The molecule has 0 N–H and O–H groups in total. The van der Waals surface area contributed by atoms with Crippen LogP contribution in [-0.4, -0.2) is 108 Å². The first kappa shape index (κ1) is 29.8. The van der Waals surface area contributed by atoms with Gasteiger partial charge in [-0.25, -0.2) is 4.67 Å². The highest BCUT2D eigenvalue weighted by molar-refractivity contribution is 7.58. The summed E-state index contributed by atoms with van der Waals surface area (Å²) in [6.45, 7) is 7.95. The van der Waals surface area contributed by atoms with Crippen molar-refractivity contribution >= 4 is 42.3 Å². The Balaban J connectivity index is 3.54. The molecule has 0 saturated carbocycles. The van der Waals surface area contributed by atoms with Gasteiger partial charge in [0.05, 0.1) is 66.1 Å². The van der Waals surface area contributed by atoms with E-state index >= 15 is 0 Å². The molecule has 0 aromatic carbocycles. The fourth-order valence-electron chi connectivity index (χ4n) is 2.07. The van der Waals surface area contributed by atoms with Gasteiger partial charge in [0.25, 0.3) is 7.52 Å². The van der Waals surface area contributed by atoms with Gasteiger partial charge in [-0.2, -0.15) is 0 Å². The molecule has 0 radical (unpaired) electrons. The summed E-state index contributed by atoms with van der Waals surface area (Å²) in [6.07, 6.45) is 0. The van der Waals surface area contributed by atoms with Crippen LogP contribution in [0.25, 0.3) is 0 Å². The van der Waals surface area contributed by atoms with Gasteiger partial charge in [-0.3, -0.25) is 4.57 Å². The SMILES string of the molecule is CCOCCOCCOCCOCCOCCOP(=O)(CCl)N(CCCl)CCCl. The normalized spacial score (nSPS) is 13.8. The number of ether oxygens (including phenoxy) is 5. The lowest BCUT2D eigenvalue weighted by atomic mass is 10.6. The van der Waals surface area contributed by atoms with Crippen LogP contribution in [0.5, 0.6) is 0 Å². The van der Waals surface area contributed by atoms with Crippen molar-refractivity contribution in [1.29, 1.82) is 0 Å². The first-order valence-electron chi connectivity index (χ1n) is 9.70. The van der Waals surface area contributed by atoms with Crippen molar-refractivity contribution in [3.63, 3.8) is 0 Å². The highest BCUT2D eigenvalue weighted by Crippen LogP contribution is 2.51. The van der Waals surface area contributed by atoms with E-state index in [0.717, 1.165) is 0 Å². The van der Waals surface area contributed by atoms with E-state index in [1.165, 1.54) is 0 Å². The molecule has 0 heterocycles. The van der Waals surface area contributed by atoms with E-state index in [1.54, 1.807) is 4.67 Å². The molecule has 29 heavy (non-hydrogen) atoms. The molecular formula is C17H35Cl3NO7P. The number of hydrogen-bond donors (Lipinski definition) is 0. The standard InChI is InChI=1S/C17H35Cl3NO7P/c1-2-23-7-8-24-9-10-25-11-12-26-13-14-27-15-16-28-29(22,17-20)21(5-3-18)6-4-19/h2-17H2,1H3. The Morgan fingerprint density at radius 2 is 1.03 bits per heavy atom. The van der Waals surface area contributed by atoms with Crippen molar-refractivity contribution in [1.82, 2.24) is 4.67 Å². The molecule has 0 aliphatic rings. The summed E-state index contributed by atoms with van der Waals surface area (Å²) in [7, 11) is -3.15. The predicted octanol–water partition coefficient (Wildman–Crippen LogP) is 3.27. The summed E-state index contributed by atoms with van der Waals surface area (Å²) in [4.78, 5) is 0. The average molecular weight is 503 g/mol. The minimum absolute atomic E-state index is 0.124. The average Bonchev–Trinajstić information content (AvgIpc) is 2.73. The highest BCUT2D eigenvalue weighted by Gasteiger charge is 2.30. The molecule has 0 aromatic rings. The van der Waals surface area contributed by atoms with E-state index in [1.807, 2.05) is 6.92 Å². The summed E-state index contributed by atoms with van der Waals surface area (Å²) in [6, 6.07) is 0. The van der Waals surface area contributed by atoms with Crippen molar-refractivity contribution in [2.45, 2.75) is 6.92 Å². The second-order valence-electron chi connectivity index (χ2n) is 5.57. The number of hydrogen-bond acceptors (Lipinski definition) is 7. The van der Waals surface area contributed by atoms with Gasteiger partial charge in [-0.15, -0.1) is 34.8 Å². The summed E-state index contributed by atoms with van der Waals surface area (Å²) in [5.74, 6) is 0.638. The van der Waals surface area contributed by atoms with E-state index < -0.39 is 7.52 Å². The largest absolute Gasteiger partial charge is 0.379 e. The molecule has 12 heteroatoms. The molecule has 0 aromatic heterocycles. The maximum Gasteiger partial charge on any atom is 0.287 e. The zero-order valence-corrected chi connectivity index (χ0v) is 20.4. The van der Waals surface area contributed by atoms with E-state index in [9.17, 15) is 4.57 Å². The topological polar surface area (TPSA) is 75.7 Å². The molecule has 0 aliphatic carbocycles. The Hall–Kier alpha value is 0.820. The summed E-state index contributed by atoms with van der Waals surface area (Å²) in [5.41, 5.74) is -0.124. The van der Waals surface area contributed by atoms with Gasteiger partial charge in [-0.1, -0.05) is 0 Å². The third-order valence-corrected chi connectivity index (χ3v) is 6.87. The van der Waals surface area contributed by atoms with Gasteiger partial charge in [0.2, 0.25) is 0 Å². The second-order valence-corrected chi connectivity index (χ2v) is 9.38. The zero-order chi connectivity index (χ0) is 21.6. The molecule has 1 unspecified atom stereocenters. The van der Waals surface area contributed by atoms with Crippen LogP contribution in [0.4, 0.5) is 0 Å². The fraction of sp³-hybridized carbons (Fsp3) is 1.00. The molecule has 0 saturated heterocycles. The molecule has 0 rings (SSSR count). The van der Waals surface area contributed by atoms with Crippen molar-refractivity contribution in [2.24, 2.45) is 0 Å². The molecule has 0 fully saturated rings. The lowest BCUT2D eigenvalue weighted by Crippen LogP contribution is -2.27. The Morgan fingerprint density at radius 1 is 0.655 bits per heavy atom. The van der Waals surface area contributed by atoms with Gasteiger partial charge >= 0.3 is 0 Å². The zero-order valence-electron chi connectivity index (χ0n) is 17.2. The van der Waals surface area contributed by atoms with E-state index in [4.69, 9.17) is 63.0 Å². The van der Waals surface area contributed by atoms with E-state index in [-0.39, 0.29) is 18.8 Å². The van der Waals surface area contributed by atoms with Gasteiger partial charge in [0, 0.05) is 31.5 Å². The van der Waals surface area contributed by atoms with Crippen molar-refractivity contribution < 1.29 is 32.8 Å². The molecule has 0 amide bonds. The maximum absolute atomic E-state index is 12.8. The Labute approximate surface area is 189 Å². The number of alkyl halides is 3. The van der Waals surface area contributed by atoms with Crippen molar-refractivity contribution in [3.8, 4) is 0 Å². The van der Waals surface area contributed by atoms with Crippen LogP contribution in [0.1, 0.15) is 6.92 Å². The van der Waals surface area contributed by atoms with E-state index in [2.05, 4.69) is 0 Å². The van der Waals surface area contributed by atoms with Gasteiger partial charge in [0.15, 0.2) is 0 Å². The summed E-state index contributed by atoms with van der Waals surface area (Å²) < 4.78 is 46.5. The van der Waals surface area contributed by atoms with Crippen LogP contribution in [0, 0.1) is 0 Å². The van der Waals surface area contributed by atoms with Gasteiger partial charge in [-0.05, 0) is 6.92 Å². The Morgan fingerprint density at radius 3 is 1.38 bits per heavy atom. The third-order valence-electron chi connectivity index (χ3n) is 3.48. The monoisotopic (exact) mass is 501 g/mol. The minimum Gasteiger partial charge on any atom is -0.379 e. The van der Waals surface area contributed by atoms with Crippen LogP contribution < -0.4 is 0 Å². The molecule has 8 nitrogen and oxygen atoms in total. The van der Waals surface area contributed by atoms with Gasteiger partial charge < -0.3 is 28.2 Å². The molecule has 1 atom stereocenters. The lowest BCUT2D eigenvalue weighted by molar-refractivity contribution is -0.0120. The van der Waals surface area contributed by atoms with Crippen LogP contribution in [0.2, 0.25) is 0 Å². The smallest absolute Gasteiger partial charge is 0.287 e. The first-order chi connectivity index (χ1) is 14.1. The third kappa shape index (κ3) is 17.1. The van der Waals surface area contributed by atoms with Crippen molar-refractivity contribution in [3.05, 3.63) is 0 Å². The van der Waals surface area contributed by atoms with Crippen LogP contribution >= 0.6 is 42.3 Å². The molecule has 0 bridgehead atoms. The number of nitrogens with zero attached hydrogens (tertiary/aromatic N) is 1. The van der Waals surface area contributed by atoms with Crippen molar-refractivity contribution in [2.75, 3.05) is 103 Å². The molecule has 176 valence electrons. The quantitative estimate of drug-likeness (QED) is 0.120. The van der Waals surface area contributed by atoms with E-state index in [0.29, 0.717) is 84.3 Å². The van der Waals surface area contributed by atoms with Crippen LogP contribution in [0.15, 0.2) is 0 Å². The minimum atomic E-state index is -3.15. The van der Waals surface area contributed by atoms with Crippen LogP contribution in [-0.2, 0) is 32.8 Å². The molecular weight excluding hydrogens is 468 g/mol.